The van der Waals surface area contributed by atoms with E-state index in [1.165, 1.54) is 0 Å². The lowest BCUT2D eigenvalue weighted by Crippen LogP contribution is -2.39. The zero-order valence-corrected chi connectivity index (χ0v) is 12.0. The molecule has 2 heterocycles. The minimum atomic E-state index is 0.193. The normalized spacial score (nSPS) is 16.1. The third kappa shape index (κ3) is 3.24. The number of hydrogen-bond acceptors (Lipinski definition) is 3. The molecule has 1 aromatic heterocycles. The van der Waals surface area contributed by atoms with E-state index >= 15 is 0 Å². The van der Waals surface area contributed by atoms with Gasteiger partial charge in [-0.2, -0.15) is 5.10 Å². The fourth-order valence-corrected chi connectivity index (χ4v) is 2.80. The van der Waals surface area contributed by atoms with Gasteiger partial charge in [-0.15, -0.1) is 0 Å². The molecule has 110 valence electrons. The molecule has 1 aromatic carbocycles. The summed E-state index contributed by atoms with van der Waals surface area (Å²) in [7, 11) is 0. The first-order valence-electron chi connectivity index (χ1n) is 7.34. The molecule has 2 N–H and O–H groups in total. The molecular formula is C16H20N4O. The summed E-state index contributed by atoms with van der Waals surface area (Å²) in [5, 5.41) is 4.29. The monoisotopic (exact) mass is 284 g/mol. The molecule has 3 rings (SSSR count). The second-order valence-electron chi connectivity index (χ2n) is 5.52. The highest BCUT2D eigenvalue weighted by atomic mass is 16.2. The maximum Gasteiger partial charge on any atom is 0.226 e. The Bertz CT molecular complexity index is 583. The number of hydrogen-bond donors (Lipinski definition) is 1. The van der Waals surface area contributed by atoms with Crippen LogP contribution in [0.2, 0.25) is 0 Å². The van der Waals surface area contributed by atoms with Crippen LogP contribution in [0.1, 0.15) is 24.4 Å². The average Bonchev–Trinajstić information content (AvgIpc) is 3.04. The maximum atomic E-state index is 12.3. The molecule has 21 heavy (non-hydrogen) atoms. The number of anilines is 1. The summed E-state index contributed by atoms with van der Waals surface area (Å²) >= 11 is 0. The van der Waals surface area contributed by atoms with E-state index in [1.807, 2.05) is 46.1 Å². The van der Waals surface area contributed by atoms with E-state index in [9.17, 15) is 4.79 Å². The summed E-state index contributed by atoms with van der Waals surface area (Å²) in [6.07, 6.45) is 6.19. The van der Waals surface area contributed by atoms with Gasteiger partial charge in [-0.25, -0.2) is 0 Å². The minimum absolute atomic E-state index is 0.193. The van der Waals surface area contributed by atoms with Gasteiger partial charge in [0.1, 0.15) is 0 Å². The van der Waals surface area contributed by atoms with E-state index in [0.29, 0.717) is 12.5 Å². The van der Waals surface area contributed by atoms with Crippen molar-refractivity contribution in [3.8, 4) is 0 Å². The summed E-state index contributed by atoms with van der Waals surface area (Å²) in [6.45, 7) is 1.61. The number of piperidine rings is 1. The van der Waals surface area contributed by atoms with Crippen LogP contribution in [0, 0.1) is 0 Å². The Morgan fingerprint density at radius 1 is 1.24 bits per heavy atom. The van der Waals surface area contributed by atoms with Crippen molar-refractivity contribution in [3.05, 3.63) is 48.3 Å². The molecule has 5 nitrogen and oxygen atoms in total. The van der Waals surface area contributed by atoms with Gasteiger partial charge in [0.05, 0.1) is 12.5 Å². The molecule has 1 aliphatic rings. The molecular weight excluding hydrogens is 264 g/mol. The van der Waals surface area contributed by atoms with Crippen LogP contribution in [0.25, 0.3) is 0 Å². The Kier molecular flexibility index (Phi) is 3.90. The fraction of sp³-hybridized carbons (Fsp3) is 0.375. The molecule has 0 bridgehead atoms. The zero-order chi connectivity index (χ0) is 14.7. The average molecular weight is 284 g/mol. The number of nitrogens with zero attached hydrogens (tertiary/aromatic N) is 3. The lowest BCUT2D eigenvalue weighted by molar-refractivity contribution is -0.131. The third-order valence-corrected chi connectivity index (χ3v) is 4.05. The summed E-state index contributed by atoms with van der Waals surface area (Å²) in [5.74, 6) is 0.193. The van der Waals surface area contributed by atoms with E-state index in [-0.39, 0.29) is 5.91 Å². The molecule has 2 aromatic rings. The van der Waals surface area contributed by atoms with Crippen LogP contribution in [-0.4, -0.2) is 33.7 Å². The molecule has 1 fully saturated rings. The number of aromatic nitrogens is 2. The Hall–Kier alpha value is -2.30. The van der Waals surface area contributed by atoms with Gasteiger partial charge in [-0.05, 0) is 36.6 Å². The van der Waals surface area contributed by atoms with Gasteiger partial charge in [0.2, 0.25) is 5.91 Å². The van der Waals surface area contributed by atoms with Crippen molar-refractivity contribution in [2.45, 2.75) is 25.3 Å². The highest BCUT2D eigenvalue weighted by molar-refractivity contribution is 5.79. The van der Waals surface area contributed by atoms with Crippen LogP contribution in [0.4, 0.5) is 5.69 Å². The van der Waals surface area contributed by atoms with Gasteiger partial charge in [-0.3, -0.25) is 9.48 Å². The third-order valence-electron chi connectivity index (χ3n) is 4.05. The van der Waals surface area contributed by atoms with Gasteiger partial charge in [0, 0.05) is 31.2 Å². The first-order chi connectivity index (χ1) is 10.2. The molecule has 1 saturated heterocycles. The van der Waals surface area contributed by atoms with Crippen molar-refractivity contribution in [1.82, 2.24) is 14.7 Å². The van der Waals surface area contributed by atoms with E-state index in [2.05, 4.69) is 5.10 Å². The standard InChI is InChI=1S/C16H20N4O/c17-14-4-2-13(3-5-14)12-16(21)19-10-6-15(7-11-19)20-9-1-8-18-20/h1-5,8-9,15H,6-7,10-12,17H2. The van der Waals surface area contributed by atoms with Crippen molar-refractivity contribution in [1.29, 1.82) is 0 Å². The molecule has 0 atom stereocenters. The highest BCUT2D eigenvalue weighted by Gasteiger charge is 2.23. The second kappa shape index (κ2) is 5.99. The van der Waals surface area contributed by atoms with Gasteiger partial charge >= 0.3 is 0 Å². The predicted octanol–water partition coefficient (Wildman–Crippen LogP) is 1.87. The SMILES string of the molecule is Nc1ccc(CC(=O)N2CCC(n3cccn3)CC2)cc1. The Morgan fingerprint density at radius 2 is 1.95 bits per heavy atom. The topological polar surface area (TPSA) is 64.2 Å². The first-order valence-corrected chi connectivity index (χ1v) is 7.34. The van der Waals surface area contributed by atoms with Crippen LogP contribution >= 0.6 is 0 Å². The van der Waals surface area contributed by atoms with Crippen molar-refractivity contribution >= 4 is 11.6 Å². The molecule has 1 amide bonds. The van der Waals surface area contributed by atoms with E-state index in [0.717, 1.165) is 37.2 Å². The quantitative estimate of drug-likeness (QED) is 0.875. The van der Waals surface area contributed by atoms with Crippen LogP contribution in [0.5, 0.6) is 0 Å². The molecule has 0 saturated carbocycles. The van der Waals surface area contributed by atoms with Crippen molar-refractivity contribution in [2.75, 3.05) is 18.8 Å². The summed E-state index contributed by atoms with van der Waals surface area (Å²) in [5.41, 5.74) is 7.40. The number of carbonyl (C=O) groups excluding carboxylic acids is 1. The first kappa shape index (κ1) is 13.7. The number of rotatable bonds is 3. The molecule has 0 spiro atoms. The number of likely N-dealkylation sites (tertiary alicyclic amines) is 1. The van der Waals surface area contributed by atoms with E-state index in [1.54, 1.807) is 6.20 Å². The van der Waals surface area contributed by atoms with Crippen molar-refractivity contribution in [2.24, 2.45) is 0 Å². The Labute approximate surface area is 124 Å². The zero-order valence-electron chi connectivity index (χ0n) is 12.0. The Morgan fingerprint density at radius 3 is 2.57 bits per heavy atom. The molecule has 0 unspecified atom stereocenters. The molecule has 0 radical (unpaired) electrons. The van der Waals surface area contributed by atoms with E-state index in [4.69, 9.17) is 5.73 Å². The number of nitrogen functional groups attached to an aromatic ring is 1. The lowest BCUT2D eigenvalue weighted by Gasteiger charge is -2.32. The highest BCUT2D eigenvalue weighted by Crippen LogP contribution is 2.22. The smallest absolute Gasteiger partial charge is 0.226 e. The minimum Gasteiger partial charge on any atom is -0.399 e. The van der Waals surface area contributed by atoms with Crippen LogP contribution in [0.3, 0.4) is 0 Å². The van der Waals surface area contributed by atoms with Crippen LogP contribution < -0.4 is 5.73 Å². The number of carbonyl (C=O) groups is 1. The van der Waals surface area contributed by atoms with Crippen LogP contribution in [0.15, 0.2) is 42.7 Å². The predicted molar refractivity (Wildman–Crippen MR) is 81.6 cm³/mol. The van der Waals surface area contributed by atoms with E-state index < -0.39 is 0 Å². The second-order valence-corrected chi connectivity index (χ2v) is 5.52. The molecule has 5 heteroatoms. The fourth-order valence-electron chi connectivity index (χ4n) is 2.80. The summed E-state index contributed by atoms with van der Waals surface area (Å²) < 4.78 is 2.00. The maximum absolute atomic E-state index is 12.3. The van der Waals surface area contributed by atoms with Crippen molar-refractivity contribution in [3.63, 3.8) is 0 Å². The molecule has 1 aliphatic heterocycles. The van der Waals surface area contributed by atoms with Crippen molar-refractivity contribution < 1.29 is 4.79 Å². The van der Waals surface area contributed by atoms with Gasteiger partial charge in [0.25, 0.3) is 0 Å². The lowest BCUT2D eigenvalue weighted by atomic mass is 10.0. The van der Waals surface area contributed by atoms with Crippen LogP contribution in [-0.2, 0) is 11.2 Å². The van der Waals surface area contributed by atoms with Gasteiger partial charge in [0.15, 0.2) is 0 Å². The van der Waals surface area contributed by atoms with Gasteiger partial charge < -0.3 is 10.6 Å². The number of nitrogens with two attached hydrogens (primary N) is 1. The van der Waals surface area contributed by atoms with Gasteiger partial charge in [-0.1, -0.05) is 12.1 Å². The number of benzene rings is 1. The molecule has 0 aliphatic carbocycles. The Balaban J connectivity index is 1.54. The number of amides is 1. The summed E-state index contributed by atoms with van der Waals surface area (Å²) in [6, 6.07) is 9.88. The summed E-state index contributed by atoms with van der Waals surface area (Å²) in [4.78, 5) is 14.3. The largest absolute Gasteiger partial charge is 0.399 e.